The summed E-state index contributed by atoms with van der Waals surface area (Å²) in [7, 11) is 3.19. The third-order valence-electron chi connectivity index (χ3n) is 4.75. The van der Waals surface area contributed by atoms with Gasteiger partial charge in [-0.1, -0.05) is 18.2 Å². The lowest BCUT2D eigenvalue weighted by molar-refractivity contribution is -0.113. The molecule has 0 aliphatic carbocycles. The van der Waals surface area contributed by atoms with Crippen LogP contribution in [0.2, 0.25) is 0 Å². The van der Waals surface area contributed by atoms with Crippen molar-refractivity contribution in [2.75, 3.05) is 19.1 Å². The lowest BCUT2D eigenvalue weighted by atomic mass is 10.1. The van der Waals surface area contributed by atoms with Crippen LogP contribution >= 0.6 is 28.1 Å². The predicted molar refractivity (Wildman–Crippen MR) is 126 cm³/mol. The fraction of sp³-hybridized carbons (Fsp3) is 0.136. The Morgan fingerprint density at radius 1 is 1.16 bits per heavy atom. The van der Waals surface area contributed by atoms with Crippen molar-refractivity contribution in [3.05, 3.63) is 76.2 Å². The van der Waals surface area contributed by atoms with Crippen LogP contribution in [0.3, 0.4) is 0 Å². The third-order valence-corrected chi connectivity index (χ3v) is 5.45. The van der Waals surface area contributed by atoms with Gasteiger partial charge in [0.2, 0.25) is 0 Å². The maximum absolute atomic E-state index is 13.1. The van der Waals surface area contributed by atoms with Crippen LogP contribution in [0, 0.1) is 0 Å². The lowest BCUT2D eigenvalue weighted by Crippen LogP contribution is -2.30. The first kappa shape index (κ1) is 21.1. The summed E-state index contributed by atoms with van der Waals surface area (Å²) in [5.41, 5.74) is 2.74. The second-order valence-corrected chi connectivity index (χ2v) is 8.03. The number of rotatable bonds is 6. The Labute approximate surface area is 193 Å². The topological polar surface area (TPSA) is 68.6 Å². The van der Waals surface area contributed by atoms with E-state index >= 15 is 0 Å². The zero-order chi connectivity index (χ0) is 22.0. The number of halogens is 1. The van der Waals surface area contributed by atoms with Crippen molar-refractivity contribution in [2.24, 2.45) is 0 Å². The molecule has 0 spiro atoms. The lowest BCUT2D eigenvalue weighted by Gasteiger charge is -2.17. The number of nitrogens with one attached hydrogen (secondary N) is 1. The van der Waals surface area contributed by atoms with Crippen molar-refractivity contribution in [3.8, 4) is 11.5 Å². The van der Waals surface area contributed by atoms with Crippen LogP contribution in [-0.4, -0.2) is 35.0 Å². The molecule has 4 rings (SSSR count). The molecule has 2 aromatic carbocycles. The molecule has 0 radical (unpaired) electrons. The first-order chi connectivity index (χ1) is 15.0. The first-order valence-corrected chi connectivity index (χ1v) is 10.6. The van der Waals surface area contributed by atoms with Gasteiger partial charge in [0.1, 0.15) is 17.2 Å². The van der Waals surface area contributed by atoms with Crippen LogP contribution in [0.4, 0.5) is 5.69 Å². The molecule has 1 aromatic heterocycles. The van der Waals surface area contributed by atoms with Crippen LogP contribution in [0.5, 0.6) is 11.5 Å². The molecule has 3 aromatic rings. The number of thiocarbonyl (C=S) groups is 1. The average molecular weight is 499 g/mol. The molecule has 31 heavy (non-hydrogen) atoms. The fourth-order valence-electron chi connectivity index (χ4n) is 3.35. The predicted octanol–water partition coefficient (Wildman–Crippen LogP) is 3.97. The quantitative estimate of drug-likeness (QED) is 0.409. The molecule has 0 bridgehead atoms. The minimum atomic E-state index is -0.247. The summed E-state index contributed by atoms with van der Waals surface area (Å²) in [6.07, 6.45) is 5.38. The van der Waals surface area contributed by atoms with Crippen molar-refractivity contribution >= 4 is 50.9 Å². The number of ether oxygens (including phenoxy) is 2. The molecule has 7 nitrogen and oxygen atoms in total. The van der Waals surface area contributed by atoms with Crippen molar-refractivity contribution in [1.82, 2.24) is 15.1 Å². The van der Waals surface area contributed by atoms with Gasteiger partial charge in [0.15, 0.2) is 5.11 Å². The molecule has 158 valence electrons. The van der Waals surface area contributed by atoms with Gasteiger partial charge in [-0.15, -0.1) is 0 Å². The van der Waals surface area contributed by atoms with Gasteiger partial charge in [0, 0.05) is 11.8 Å². The van der Waals surface area contributed by atoms with Gasteiger partial charge in [0.25, 0.3) is 5.91 Å². The van der Waals surface area contributed by atoms with Gasteiger partial charge in [-0.2, -0.15) is 5.10 Å². The highest BCUT2D eigenvalue weighted by Crippen LogP contribution is 2.31. The second kappa shape index (κ2) is 8.91. The number of hydrogen-bond donors (Lipinski definition) is 1. The van der Waals surface area contributed by atoms with Crippen LogP contribution in [-0.2, 0) is 11.3 Å². The molecule has 1 aliphatic heterocycles. The Bertz CT molecular complexity index is 1190. The van der Waals surface area contributed by atoms with E-state index in [1.54, 1.807) is 43.3 Å². The highest BCUT2D eigenvalue weighted by molar-refractivity contribution is 9.10. The number of nitrogens with zero attached hydrogens (tertiary/aromatic N) is 3. The molecular formula is C22H19BrN4O3S. The number of carbonyl (C=O) groups is 1. The molecule has 1 N–H and O–H groups in total. The van der Waals surface area contributed by atoms with Crippen LogP contribution in [0.15, 0.2) is 65.0 Å². The number of aromatic nitrogens is 2. The molecule has 2 heterocycles. The van der Waals surface area contributed by atoms with E-state index in [0.29, 0.717) is 28.8 Å². The van der Waals surface area contributed by atoms with Gasteiger partial charge in [-0.25, -0.2) is 4.90 Å². The van der Waals surface area contributed by atoms with Crippen LogP contribution < -0.4 is 19.7 Å². The summed E-state index contributed by atoms with van der Waals surface area (Å²) in [6.45, 7) is 0.527. The number of carbonyl (C=O) groups excluding carboxylic acids is 1. The van der Waals surface area contributed by atoms with Crippen molar-refractivity contribution in [1.29, 1.82) is 0 Å². The van der Waals surface area contributed by atoms with Crippen LogP contribution in [0.25, 0.3) is 6.08 Å². The summed E-state index contributed by atoms with van der Waals surface area (Å²) >= 11 is 8.82. The summed E-state index contributed by atoms with van der Waals surface area (Å²) in [4.78, 5) is 14.5. The Kier molecular flexibility index (Phi) is 6.06. The highest BCUT2D eigenvalue weighted by atomic mass is 79.9. The Balaban J connectivity index is 1.65. The van der Waals surface area contributed by atoms with E-state index in [-0.39, 0.29) is 5.91 Å². The number of methoxy groups -OCH3 is 2. The average Bonchev–Trinajstić information content (AvgIpc) is 3.30. The Morgan fingerprint density at radius 3 is 2.65 bits per heavy atom. The zero-order valence-corrected chi connectivity index (χ0v) is 19.2. The van der Waals surface area contributed by atoms with Gasteiger partial charge < -0.3 is 14.8 Å². The van der Waals surface area contributed by atoms with Gasteiger partial charge >= 0.3 is 0 Å². The van der Waals surface area contributed by atoms with E-state index in [0.717, 1.165) is 21.3 Å². The smallest absolute Gasteiger partial charge is 0.281 e. The second-order valence-electron chi connectivity index (χ2n) is 6.73. The molecule has 1 saturated heterocycles. The van der Waals surface area contributed by atoms with Crippen molar-refractivity contribution in [2.45, 2.75) is 6.54 Å². The maximum atomic E-state index is 13.1. The van der Waals surface area contributed by atoms with E-state index in [2.05, 4.69) is 26.3 Å². The number of amides is 1. The normalized spacial score (nSPS) is 14.8. The summed E-state index contributed by atoms with van der Waals surface area (Å²) in [5, 5.41) is 7.61. The number of para-hydroxylation sites is 2. The monoisotopic (exact) mass is 498 g/mol. The minimum Gasteiger partial charge on any atom is -0.496 e. The van der Waals surface area contributed by atoms with Crippen molar-refractivity contribution < 1.29 is 14.3 Å². The van der Waals surface area contributed by atoms with Gasteiger partial charge in [0.05, 0.1) is 37.1 Å². The Morgan fingerprint density at radius 2 is 1.94 bits per heavy atom. The van der Waals surface area contributed by atoms with E-state index in [9.17, 15) is 4.79 Å². The standard InChI is InChI=1S/C22H19BrN4O3S/c1-29-19-8-7-14(9-15(19)12-26-13-16(23)11-24-26)10-17-21(28)27(22(31)25-17)18-5-3-4-6-20(18)30-2/h3-11,13H,12H2,1-2H3,(H,25,31)/b17-10+. The molecule has 1 fully saturated rings. The SMILES string of the molecule is COc1ccc(/C=C2/NC(=S)N(c3ccccc3OC)C2=O)cc1Cn1cc(Br)cn1. The molecule has 1 aliphatic rings. The molecule has 0 atom stereocenters. The highest BCUT2D eigenvalue weighted by Gasteiger charge is 2.33. The van der Waals surface area contributed by atoms with Gasteiger partial charge in [-0.3, -0.25) is 9.48 Å². The van der Waals surface area contributed by atoms with E-state index in [1.165, 1.54) is 4.90 Å². The molecule has 1 amide bonds. The summed E-state index contributed by atoms with van der Waals surface area (Å²) in [6, 6.07) is 13.0. The van der Waals surface area contributed by atoms with E-state index in [1.807, 2.05) is 36.5 Å². The summed E-state index contributed by atoms with van der Waals surface area (Å²) in [5.74, 6) is 1.06. The minimum absolute atomic E-state index is 0.247. The Hall–Kier alpha value is -3.17. The fourth-order valence-corrected chi connectivity index (χ4v) is 3.97. The van der Waals surface area contributed by atoms with E-state index in [4.69, 9.17) is 21.7 Å². The summed E-state index contributed by atoms with van der Waals surface area (Å²) < 4.78 is 13.6. The largest absolute Gasteiger partial charge is 0.496 e. The van der Waals surface area contributed by atoms with Gasteiger partial charge in [-0.05, 0) is 64.1 Å². The molecule has 0 saturated carbocycles. The van der Waals surface area contributed by atoms with E-state index < -0.39 is 0 Å². The third kappa shape index (κ3) is 4.33. The number of benzene rings is 2. The number of hydrogen-bond acceptors (Lipinski definition) is 5. The molecule has 9 heteroatoms. The van der Waals surface area contributed by atoms with Crippen molar-refractivity contribution in [3.63, 3.8) is 0 Å². The van der Waals surface area contributed by atoms with Crippen LogP contribution in [0.1, 0.15) is 11.1 Å². The number of anilines is 1. The molecular weight excluding hydrogens is 480 g/mol. The maximum Gasteiger partial charge on any atom is 0.281 e. The zero-order valence-electron chi connectivity index (χ0n) is 16.8. The first-order valence-electron chi connectivity index (χ1n) is 9.35. The molecule has 0 unspecified atom stereocenters.